The quantitative estimate of drug-likeness (QED) is 0.687. The standard InChI is InChI=1S/C18H17N3O4S/c1-10-7-8-13(23-2)15-16(10)26-18(19-15)21-20-17(22)14-9-24-11-5-3-4-6-12(11)25-14/h3-8,14H,9H2,1-2H3,(H,19,21)(H,20,22). The van der Waals surface area contributed by atoms with Gasteiger partial charge in [0, 0.05) is 0 Å². The van der Waals surface area contributed by atoms with E-state index in [1.807, 2.05) is 31.2 Å². The zero-order valence-corrected chi connectivity index (χ0v) is 15.1. The molecule has 3 aromatic rings. The van der Waals surface area contributed by atoms with Crippen LogP contribution in [0.2, 0.25) is 0 Å². The Balaban J connectivity index is 1.45. The molecule has 0 bridgehead atoms. The molecule has 4 rings (SSSR count). The van der Waals surface area contributed by atoms with Crippen LogP contribution in [0.25, 0.3) is 10.2 Å². The lowest BCUT2D eigenvalue weighted by molar-refractivity contribution is -0.129. The fourth-order valence-electron chi connectivity index (χ4n) is 2.67. The van der Waals surface area contributed by atoms with Crippen molar-refractivity contribution in [2.24, 2.45) is 0 Å². The van der Waals surface area contributed by atoms with Gasteiger partial charge in [0.1, 0.15) is 17.9 Å². The van der Waals surface area contributed by atoms with Gasteiger partial charge in [-0.2, -0.15) is 0 Å². The Bertz CT molecular complexity index is 972. The second-order valence-electron chi connectivity index (χ2n) is 5.76. The van der Waals surface area contributed by atoms with E-state index in [0.29, 0.717) is 22.4 Å². The molecule has 0 radical (unpaired) electrons. The van der Waals surface area contributed by atoms with Gasteiger partial charge in [-0.1, -0.05) is 29.5 Å². The Kier molecular flexibility index (Phi) is 4.26. The van der Waals surface area contributed by atoms with E-state index in [1.54, 1.807) is 19.2 Å². The molecule has 1 aliphatic rings. The van der Waals surface area contributed by atoms with Gasteiger partial charge in [0.05, 0.1) is 11.8 Å². The second-order valence-corrected chi connectivity index (χ2v) is 6.76. The SMILES string of the molecule is COc1ccc(C)c2sc(NNC(=O)C3COc4ccccc4O3)nc12. The van der Waals surface area contributed by atoms with Crippen LogP contribution in [0.4, 0.5) is 5.13 Å². The third kappa shape index (κ3) is 2.99. The number of anilines is 1. The molecule has 1 atom stereocenters. The first-order chi connectivity index (χ1) is 12.7. The summed E-state index contributed by atoms with van der Waals surface area (Å²) in [5.41, 5.74) is 7.34. The first-order valence-electron chi connectivity index (χ1n) is 8.04. The van der Waals surface area contributed by atoms with Crippen molar-refractivity contribution in [1.29, 1.82) is 0 Å². The van der Waals surface area contributed by atoms with E-state index >= 15 is 0 Å². The lowest BCUT2D eigenvalue weighted by atomic mass is 10.2. The van der Waals surface area contributed by atoms with E-state index in [9.17, 15) is 4.79 Å². The molecule has 0 aliphatic carbocycles. The molecule has 2 N–H and O–H groups in total. The van der Waals surface area contributed by atoms with Gasteiger partial charge in [0.15, 0.2) is 11.5 Å². The predicted molar refractivity (Wildman–Crippen MR) is 99.0 cm³/mol. The largest absolute Gasteiger partial charge is 0.494 e. The molecule has 1 unspecified atom stereocenters. The Morgan fingerprint density at radius 1 is 1.27 bits per heavy atom. The summed E-state index contributed by atoms with van der Waals surface area (Å²) in [6, 6.07) is 11.1. The van der Waals surface area contributed by atoms with Gasteiger partial charge in [-0.15, -0.1) is 0 Å². The smallest absolute Gasteiger partial charge is 0.283 e. The average molecular weight is 371 g/mol. The normalized spacial score (nSPS) is 15.5. The number of rotatable bonds is 4. The molecule has 2 heterocycles. The van der Waals surface area contributed by atoms with Crippen molar-refractivity contribution in [3.05, 3.63) is 42.0 Å². The van der Waals surface area contributed by atoms with Crippen LogP contribution in [-0.4, -0.2) is 30.7 Å². The molecular weight excluding hydrogens is 354 g/mol. The number of aryl methyl sites for hydroxylation is 1. The van der Waals surface area contributed by atoms with Gasteiger partial charge in [0.25, 0.3) is 5.91 Å². The van der Waals surface area contributed by atoms with Gasteiger partial charge < -0.3 is 14.2 Å². The number of benzene rings is 2. The van der Waals surface area contributed by atoms with Crippen LogP contribution in [0.1, 0.15) is 5.56 Å². The molecule has 0 spiro atoms. The summed E-state index contributed by atoms with van der Waals surface area (Å²) < 4.78 is 17.6. The van der Waals surface area contributed by atoms with Crippen LogP contribution < -0.4 is 25.1 Å². The predicted octanol–water partition coefficient (Wildman–Crippen LogP) is 2.90. The van der Waals surface area contributed by atoms with Crippen LogP contribution in [-0.2, 0) is 4.79 Å². The van der Waals surface area contributed by atoms with Gasteiger partial charge in [-0.25, -0.2) is 4.98 Å². The number of nitrogens with one attached hydrogen (secondary N) is 2. The Morgan fingerprint density at radius 3 is 2.88 bits per heavy atom. The molecule has 1 aromatic heterocycles. The van der Waals surface area contributed by atoms with Crippen molar-refractivity contribution >= 4 is 32.6 Å². The molecule has 2 aromatic carbocycles. The molecule has 7 nitrogen and oxygen atoms in total. The number of carbonyl (C=O) groups is 1. The number of amides is 1. The minimum absolute atomic E-state index is 0.150. The van der Waals surface area contributed by atoms with Gasteiger partial charge >= 0.3 is 0 Å². The maximum Gasteiger partial charge on any atom is 0.283 e. The number of para-hydroxylation sites is 2. The topological polar surface area (TPSA) is 81.7 Å². The Morgan fingerprint density at radius 2 is 2.08 bits per heavy atom. The lowest BCUT2D eigenvalue weighted by Crippen LogP contribution is -2.45. The van der Waals surface area contributed by atoms with Crippen LogP contribution in [0.15, 0.2) is 36.4 Å². The van der Waals surface area contributed by atoms with Crippen molar-refractivity contribution in [1.82, 2.24) is 10.4 Å². The van der Waals surface area contributed by atoms with Crippen molar-refractivity contribution in [3.8, 4) is 17.2 Å². The number of aromatic nitrogens is 1. The number of ether oxygens (including phenoxy) is 3. The molecule has 1 aliphatic heterocycles. The monoisotopic (exact) mass is 371 g/mol. The van der Waals surface area contributed by atoms with Gasteiger partial charge in [-0.05, 0) is 30.7 Å². The fraction of sp³-hybridized carbons (Fsp3) is 0.222. The van der Waals surface area contributed by atoms with Crippen LogP contribution >= 0.6 is 11.3 Å². The minimum atomic E-state index is -0.733. The highest BCUT2D eigenvalue weighted by atomic mass is 32.1. The second kappa shape index (κ2) is 6.72. The highest BCUT2D eigenvalue weighted by Gasteiger charge is 2.27. The molecule has 0 saturated heterocycles. The molecule has 26 heavy (non-hydrogen) atoms. The summed E-state index contributed by atoms with van der Waals surface area (Å²) >= 11 is 1.44. The number of carbonyl (C=O) groups excluding carboxylic acids is 1. The van der Waals surface area contributed by atoms with Crippen molar-refractivity contribution in [2.45, 2.75) is 13.0 Å². The highest BCUT2D eigenvalue weighted by Crippen LogP contribution is 2.34. The lowest BCUT2D eigenvalue weighted by Gasteiger charge is -2.25. The fourth-order valence-corrected chi connectivity index (χ4v) is 3.58. The van der Waals surface area contributed by atoms with E-state index in [4.69, 9.17) is 14.2 Å². The number of hydrazine groups is 1. The average Bonchev–Trinajstić information content (AvgIpc) is 3.11. The molecule has 1 amide bonds. The van der Waals surface area contributed by atoms with E-state index in [-0.39, 0.29) is 12.5 Å². The number of hydrogen-bond donors (Lipinski definition) is 2. The molecule has 0 saturated carbocycles. The Labute approximate surface area is 153 Å². The molecule has 8 heteroatoms. The summed E-state index contributed by atoms with van der Waals surface area (Å²) in [7, 11) is 1.61. The maximum absolute atomic E-state index is 12.4. The van der Waals surface area contributed by atoms with Crippen LogP contribution in [0, 0.1) is 6.92 Å². The van der Waals surface area contributed by atoms with Gasteiger partial charge in [-0.3, -0.25) is 15.6 Å². The van der Waals surface area contributed by atoms with E-state index in [0.717, 1.165) is 15.8 Å². The van der Waals surface area contributed by atoms with Crippen LogP contribution in [0.3, 0.4) is 0 Å². The van der Waals surface area contributed by atoms with E-state index in [2.05, 4.69) is 15.8 Å². The first-order valence-corrected chi connectivity index (χ1v) is 8.86. The molecule has 134 valence electrons. The summed E-state index contributed by atoms with van der Waals surface area (Å²) in [6.07, 6.45) is -0.733. The number of fused-ring (bicyclic) bond motifs is 2. The summed E-state index contributed by atoms with van der Waals surface area (Å²) in [6.45, 7) is 2.16. The van der Waals surface area contributed by atoms with Gasteiger partial charge in [0.2, 0.25) is 11.2 Å². The van der Waals surface area contributed by atoms with Crippen LogP contribution in [0.5, 0.6) is 17.2 Å². The van der Waals surface area contributed by atoms with Crippen molar-refractivity contribution in [3.63, 3.8) is 0 Å². The highest BCUT2D eigenvalue weighted by molar-refractivity contribution is 7.22. The number of hydrogen-bond acceptors (Lipinski definition) is 7. The van der Waals surface area contributed by atoms with E-state index < -0.39 is 6.10 Å². The van der Waals surface area contributed by atoms with Crippen molar-refractivity contribution < 1.29 is 19.0 Å². The number of nitrogens with zero attached hydrogens (tertiary/aromatic N) is 1. The van der Waals surface area contributed by atoms with E-state index in [1.165, 1.54) is 11.3 Å². The zero-order chi connectivity index (χ0) is 18.1. The third-order valence-corrected chi connectivity index (χ3v) is 5.12. The zero-order valence-electron chi connectivity index (χ0n) is 14.2. The maximum atomic E-state index is 12.4. The number of thiazole rings is 1. The molecule has 0 fully saturated rings. The first kappa shape index (κ1) is 16.5. The summed E-state index contributed by atoms with van der Waals surface area (Å²) in [5, 5.41) is 0.568. The minimum Gasteiger partial charge on any atom is -0.494 e. The summed E-state index contributed by atoms with van der Waals surface area (Å²) in [5.74, 6) is 1.56. The number of methoxy groups -OCH3 is 1. The van der Waals surface area contributed by atoms with Crippen molar-refractivity contribution in [2.75, 3.05) is 19.1 Å². The molecular formula is C18H17N3O4S. The third-order valence-electron chi connectivity index (χ3n) is 4.02. The Hall–Kier alpha value is -3.00. The summed E-state index contributed by atoms with van der Waals surface area (Å²) in [4.78, 5) is 16.9.